The standard InChI is InChI=1S/C20H21NO5/c1-23-18-8-7-14(11-19(18)24-2)12-20(22)21-13-15(16-5-3-9-25-16)17-6-4-10-26-17/h3-11,15H,12-13H2,1-2H3,(H,21,22). The summed E-state index contributed by atoms with van der Waals surface area (Å²) in [5, 5.41) is 2.94. The van der Waals surface area contributed by atoms with Gasteiger partial charge in [-0.2, -0.15) is 0 Å². The van der Waals surface area contributed by atoms with E-state index in [9.17, 15) is 4.79 Å². The molecule has 0 bridgehead atoms. The first-order valence-corrected chi connectivity index (χ1v) is 8.25. The molecule has 0 radical (unpaired) electrons. The third-order valence-electron chi connectivity index (χ3n) is 4.09. The van der Waals surface area contributed by atoms with Crippen LogP contribution in [0.5, 0.6) is 11.5 Å². The van der Waals surface area contributed by atoms with Crippen molar-refractivity contribution in [2.75, 3.05) is 20.8 Å². The lowest BCUT2D eigenvalue weighted by molar-refractivity contribution is -0.120. The quantitative estimate of drug-likeness (QED) is 0.670. The fraction of sp³-hybridized carbons (Fsp3) is 0.250. The predicted molar refractivity (Wildman–Crippen MR) is 95.5 cm³/mol. The number of amides is 1. The van der Waals surface area contributed by atoms with Gasteiger partial charge in [-0.05, 0) is 42.0 Å². The van der Waals surface area contributed by atoms with Crippen molar-refractivity contribution in [3.05, 3.63) is 72.1 Å². The van der Waals surface area contributed by atoms with Crippen LogP contribution in [-0.4, -0.2) is 26.7 Å². The van der Waals surface area contributed by atoms with Crippen LogP contribution in [0.1, 0.15) is 23.0 Å². The molecule has 0 aliphatic rings. The Morgan fingerprint density at radius 2 is 1.65 bits per heavy atom. The molecular weight excluding hydrogens is 334 g/mol. The molecule has 6 nitrogen and oxygen atoms in total. The molecule has 0 fully saturated rings. The molecule has 1 amide bonds. The van der Waals surface area contributed by atoms with Crippen LogP contribution >= 0.6 is 0 Å². The molecule has 6 heteroatoms. The Balaban J connectivity index is 1.64. The first-order valence-electron chi connectivity index (χ1n) is 8.25. The Hall–Kier alpha value is -3.15. The Morgan fingerprint density at radius 3 is 2.19 bits per heavy atom. The highest BCUT2D eigenvalue weighted by Crippen LogP contribution is 2.28. The van der Waals surface area contributed by atoms with Gasteiger partial charge in [-0.1, -0.05) is 6.07 Å². The summed E-state index contributed by atoms with van der Waals surface area (Å²) in [4.78, 5) is 12.4. The van der Waals surface area contributed by atoms with Crippen molar-refractivity contribution in [3.63, 3.8) is 0 Å². The van der Waals surface area contributed by atoms with Gasteiger partial charge >= 0.3 is 0 Å². The molecule has 3 aromatic rings. The number of methoxy groups -OCH3 is 2. The van der Waals surface area contributed by atoms with Gasteiger partial charge in [-0.25, -0.2) is 0 Å². The number of ether oxygens (including phenoxy) is 2. The molecule has 0 aliphatic carbocycles. The second kappa shape index (κ2) is 8.29. The van der Waals surface area contributed by atoms with Crippen LogP contribution in [0.15, 0.2) is 63.8 Å². The molecule has 0 atom stereocenters. The van der Waals surface area contributed by atoms with Crippen molar-refractivity contribution in [2.45, 2.75) is 12.3 Å². The van der Waals surface area contributed by atoms with E-state index < -0.39 is 0 Å². The Morgan fingerprint density at radius 1 is 1.00 bits per heavy atom. The number of carbonyl (C=O) groups excluding carboxylic acids is 1. The molecule has 0 unspecified atom stereocenters. The van der Waals surface area contributed by atoms with E-state index in [2.05, 4.69) is 5.32 Å². The van der Waals surface area contributed by atoms with Gasteiger partial charge < -0.3 is 23.6 Å². The van der Waals surface area contributed by atoms with Crippen molar-refractivity contribution in [1.82, 2.24) is 5.32 Å². The Bertz CT molecular complexity index is 790. The minimum atomic E-state index is -0.172. The molecule has 0 saturated carbocycles. The van der Waals surface area contributed by atoms with Gasteiger partial charge in [0.2, 0.25) is 5.91 Å². The highest BCUT2D eigenvalue weighted by atomic mass is 16.5. The summed E-state index contributed by atoms with van der Waals surface area (Å²) in [6, 6.07) is 12.8. The highest BCUT2D eigenvalue weighted by Gasteiger charge is 2.20. The van der Waals surface area contributed by atoms with E-state index in [1.54, 1.807) is 38.9 Å². The zero-order valence-electron chi connectivity index (χ0n) is 14.7. The molecule has 0 aliphatic heterocycles. The van der Waals surface area contributed by atoms with Crippen molar-refractivity contribution in [1.29, 1.82) is 0 Å². The predicted octanol–water partition coefficient (Wildman–Crippen LogP) is 3.38. The lowest BCUT2D eigenvalue weighted by Crippen LogP contribution is -2.30. The number of benzene rings is 1. The third-order valence-corrected chi connectivity index (χ3v) is 4.09. The molecular formula is C20H21NO5. The summed E-state index contributed by atoms with van der Waals surface area (Å²) in [6.45, 7) is 0.382. The minimum Gasteiger partial charge on any atom is -0.493 e. The fourth-order valence-corrected chi connectivity index (χ4v) is 2.77. The maximum atomic E-state index is 12.4. The number of carbonyl (C=O) groups is 1. The molecule has 0 saturated heterocycles. The maximum absolute atomic E-state index is 12.4. The summed E-state index contributed by atoms with van der Waals surface area (Å²) in [5.74, 6) is 2.45. The van der Waals surface area contributed by atoms with Crippen LogP contribution in [-0.2, 0) is 11.2 Å². The lowest BCUT2D eigenvalue weighted by Gasteiger charge is -2.14. The average molecular weight is 355 g/mol. The zero-order valence-corrected chi connectivity index (χ0v) is 14.7. The second-order valence-corrected chi connectivity index (χ2v) is 5.75. The monoisotopic (exact) mass is 355 g/mol. The molecule has 2 heterocycles. The van der Waals surface area contributed by atoms with Crippen molar-refractivity contribution in [2.24, 2.45) is 0 Å². The molecule has 0 spiro atoms. The SMILES string of the molecule is COc1ccc(CC(=O)NCC(c2ccco2)c2ccco2)cc1OC. The smallest absolute Gasteiger partial charge is 0.224 e. The summed E-state index contributed by atoms with van der Waals surface area (Å²) in [6.07, 6.45) is 3.46. The number of rotatable bonds is 8. The zero-order chi connectivity index (χ0) is 18.4. The highest BCUT2D eigenvalue weighted by molar-refractivity contribution is 5.78. The first-order chi connectivity index (χ1) is 12.7. The topological polar surface area (TPSA) is 73.8 Å². The Labute approximate surface area is 151 Å². The molecule has 1 aromatic carbocycles. The largest absolute Gasteiger partial charge is 0.493 e. The number of nitrogens with one attached hydrogen (secondary N) is 1. The number of hydrogen-bond donors (Lipinski definition) is 1. The van der Waals surface area contributed by atoms with Crippen LogP contribution in [0.3, 0.4) is 0 Å². The normalized spacial score (nSPS) is 10.7. The van der Waals surface area contributed by atoms with Crippen molar-refractivity contribution < 1.29 is 23.1 Å². The van der Waals surface area contributed by atoms with E-state index in [1.807, 2.05) is 30.3 Å². The van der Waals surface area contributed by atoms with Gasteiger partial charge in [-0.15, -0.1) is 0 Å². The summed E-state index contributed by atoms with van der Waals surface area (Å²) in [7, 11) is 3.15. The minimum absolute atomic E-state index is 0.0969. The average Bonchev–Trinajstić information content (AvgIpc) is 3.36. The maximum Gasteiger partial charge on any atom is 0.224 e. The van der Waals surface area contributed by atoms with Crippen LogP contribution in [0.25, 0.3) is 0 Å². The number of furan rings is 2. The number of hydrogen-bond acceptors (Lipinski definition) is 5. The van der Waals surface area contributed by atoms with Crippen LogP contribution in [0.4, 0.5) is 0 Å². The summed E-state index contributed by atoms with van der Waals surface area (Å²) < 4.78 is 21.5. The van der Waals surface area contributed by atoms with E-state index in [1.165, 1.54) is 0 Å². The van der Waals surface area contributed by atoms with Crippen LogP contribution in [0, 0.1) is 0 Å². The van der Waals surface area contributed by atoms with Gasteiger partial charge in [0.25, 0.3) is 0 Å². The van der Waals surface area contributed by atoms with Crippen LogP contribution < -0.4 is 14.8 Å². The van der Waals surface area contributed by atoms with Gasteiger partial charge in [-0.3, -0.25) is 4.79 Å². The summed E-state index contributed by atoms with van der Waals surface area (Å²) in [5.41, 5.74) is 0.840. The first kappa shape index (κ1) is 17.7. The molecule has 26 heavy (non-hydrogen) atoms. The van der Waals surface area contributed by atoms with E-state index in [0.717, 1.165) is 17.1 Å². The second-order valence-electron chi connectivity index (χ2n) is 5.75. The van der Waals surface area contributed by atoms with E-state index >= 15 is 0 Å². The molecule has 1 N–H and O–H groups in total. The van der Waals surface area contributed by atoms with Gasteiger partial charge in [0.15, 0.2) is 11.5 Å². The van der Waals surface area contributed by atoms with Crippen molar-refractivity contribution >= 4 is 5.91 Å². The van der Waals surface area contributed by atoms with Crippen molar-refractivity contribution in [3.8, 4) is 11.5 Å². The Kier molecular flexibility index (Phi) is 5.63. The fourth-order valence-electron chi connectivity index (χ4n) is 2.77. The van der Waals surface area contributed by atoms with Gasteiger partial charge in [0, 0.05) is 6.54 Å². The van der Waals surface area contributed by atoms with E-state index in [0.29, 0.717) is 18.0 Å². The van der Waals surface area contributed by atoms with Gasteiger partial charge in [0.05, 0.1) is 39.1 Å². The molecule has 136 valence electrons. The van der Waals surface area contributed by atoms with Crippen LogP contribution in [0.2, 0.25) is 0 Å². The molecule has 3 rings (SSSR count). The third kappa shape index (κ3) is 4.08. The van der Waals surface area contributed by atoms with E-state index in [4.69, 9.17) is 18.3 Å². The van der Waals surface area contributed by atoms with Gasteiger partial charge in [0.1, 0.15) is 11.5 Å². The van der Waals surface area contributed by atoms with E-state index in [-0.39, 0.29) is 18.2 Å². The molecule has 2 aromatic heterocycles. The summed E-state index contributed by atoms with van der Waals surface area (Å²) >= 11 is 0. The lowest BCUT2D eigenvalue weighted by atomic mass is 10.0.